The predicted octanol–water partition coefficient (Wildman–Crippen LogP) is 8.11. The molecule has 1 unspecified atom stereocenters. The van der Waals surface area contributed by atoms with E-state index in [0.29, 0.717) is 54.8 Å². The van der Waals surface area contributed by atoms with E-state index in [9.17, 15) is 14.9 Å². The lowest BCUT2D eigenvalue weighted by molar-refractivity contribution is -0.127. The van der Waals surface area contributed by atoms with Crippen molar-refractivity contribution in [1.29, 1.82) is 5.26 Å². The summed E-state index contributed by atoms with van der Waals surface area (Å²) >= 11 is 6.94. The molecule has 2 aliphatic rings. The number of ether oxygens (including phenoxy) is 5. The minimum absolute atomic E-state index is 0.105. The first-order chi connectivity index (χ1) is 27.0. The summed E-state index contributed by atoms with van der Waals surface area (Å²) in [4.78, 5) is 27.7. The molecular weight excluding hydrogens is 732 g/mol. The zero-order valence-electron chi connectivity index (χ0n) is 32.4. The number of alkyl carbamates (subject to hydrolysis) is 1. The highest BCUT2D eigenvalue weighted by Crippen LogP contribution is 2.38. The van der Waals surface area contributed by atoms with Gasteiger partial charge in [0.15, 0.2) is 11.5 Å². The lowest BCUT2D eigenvalue weighted by atomic mass is 9.96. The van der Waals surface area contributed by atoms with Gasteiger partial charge in [0.2, 0.25) is 5.91 Å². The first-order valence-electron chi connectivity index (χ1n) is 19.0. The van der Waals surface area contributed by atoms with Crippen molar-refractivity contribution < 1.29 is 33.3 Å². The second-order valence-electron chi connectivity index (χ2n) is 14.9. The molecule has 4 aromatic rings. The molecule has 0 aromatic heterocycles. The van der Waals surface area contributed by atoms with Gasteiger partial charge in [0.25, 0.3) is 0 Å². The monoisotopic (exact) mass is 780 g/mol. The van der Waals surface area contributed by atoms with Crippen LogP contribution in [-0.2, 0) is 29.3 Å². The van der Waals surface area contributed by atoms with Crippen LogP contribution in [0.3, 0.4) is 0 Å². The molecule has 2 amide bonds. The van der Waals surface area contributed by atoms with E-state index >= 15 is 0 Å². The Balaban J connectivity index is 1.18. The quantitative estimate of drug-likeness (QED) is 0.129. The van der Waals surface area contributed by atoms with Crippen molar-refractivity contribution in [3.8, 4) is 40.2 Å². The Hall–Kier alpha value is -5.44. The molecule has 4 aromatic carbocycles. The van der Waals surface area contributed by atoms with Crippen LogP contribution in [0.2, 0.25) is 5.02 Å². The summed E-state index contributed by atoms with van der Waals surface area (Å²) in [5.41, 5.74) is 5.74. The van der Waals surface area contributed by atoms with E-state index in [1.54, 1.807) is 32.9 Å². The second kappa shape index (κ2) is 18.5. The maximum absolute atomic E-state index is 13.5. The lowest BCUT2D eigenvalue weighted by Crippen LogP contribution is -2.50. The highest BCUT2D eigenvalue weighted by molar-refractivity contribution is 6.32. The van der Waals surface area contributed by atoms with Crippen molar-refractivity contribution in [2.75, 3.05) is 32.8 Å². The number of nitrogens with one attached hydrogen (secondary N) is 2. The molecule has 2 aliphatic heterocycles. The Kier molecular flexibility index (Phi) is 13.3. The van der Waals surface area contributed by atoms with Crippen LogP contribution in [0.15, 0.2) is 72.8 Å². The van der Waals surface area contributed by atoms with E-state index in [2.05, 4.69) is 34.6 Å². The minimum Gasteiger partial charge on any atom is -0.488 e. The molecular formula is C44H49ClN4O7. The third-order valence-corrected chi connectivity index (χ3v) is 9.93. The van der Waals surface area contributed by atoms with E-state index in [0.717, 1.165) is 57.7 Å². The number of carbonyl (C=O) groups is 2. The number of nitrogens with zero attached hydrogens (tertiary/aromatic N) is 2. The Morgan fingerprint density at radius 1 is 0.893 bits per heavy atom. The van der Waals surface area contributed by atoms with Crippen molar-refractivity contribution in [2.24, 2.45) is 0 Å². The van der Waals surface area contributed by atoms with Crippen molar-refractivity contribution in [1.82, 2.24) is 15.5 Å². The Morgan fingerprint density at radius 3 is 2.46 bits per heavy atom. The Morgan fingerprint density at radius 2 is 1.66 bits per heavy atom. The van der Waals surface area contributed by atoms with Crippen LogP contribution in [0.1, 0.15) is 67.9 Å². The van der Waals surface area contributed by atoms with Gasteiger partial charge in [0, 0.05) is 31.3 Å². The molecule has 1 atom stereocenters. The van der Waals surface area contributed by atoms with E-state index in [1.165, 1.54) is 0 Å². The van der Waals surface area contributed by atoms with Gasteiger partial charge in [-0.15, -0.1) is 0 Å². The van der Waals surface area contributed by atoms with E-state index < -0.39 is 11.7 Å². The Bertz CT molecular complexity index is 2080. The molecule has 294 valence electrons. The average Bonchev–Trinajstić information content (AvgIpc) is 3.18. The normalized spacial score (nSPS) is 15.3. The highest BCUT2D eigenvalue weighted by Gasteiger charge is 2.30. The molecule has 6 rings (SSSR count). The fourth-order valence-corrected chi connectivity index (χ4v) is 7.07. The van der Waals surface area contributed by atoms with Crippen molar-refractivity contribution in [3.05, 3.63) is 106 Å². The van der Waals surface area contributed by atoms with Gasteiger partial charge in [-0.05, 0) is 105 Å². The average molecular weight is 781 g/mol. The van der Waals surface area contributed by atoms with E-state index in [-0.39, 0.29) is 38.3 Å². The predicted molar refractivity (Wildman–Crippen MR) is 214 cm³/mol. The summed E-state index contributed by atoms with van der Waals surface area (Å²) in [5, 5.41) is 15.5. The van der Waals surface area contributed by atoms with Crippen LogP contribution in [0, 0.1) is 18.3 Å². The van der Waals surface area contributed by atoms with Crippen LogP contribution in [0.4, 0.5) is 4.79 Å². The number of halogens is 1. The van der Waals surface area contributed by atoms with Gasteiger partial charge in [0.1, 0.15) is 43.5 Å². The summed E-state index contributed by atoms with van der Waals surface area (Å²) in [7, 11) is 0. The van der Waals surface area contributed by atoms with E-state index in [4.69, 9.17) is 35.3 Å². The van der Waals surface area contributed by atoms with Crippen molar-refractivity contribution in [3.63, 3.8) is 0 Å². The highest BCUT2D eigenvalue weighted by atomic mass is 35.5. The number of benzene rings is 4. The molecule has 0 aliphatic carbocycles. The molecule has 1 fully saturated rings. The number of rotatable bonds is 13. The van der Waals surface area contributed by atoms with Crippen molar-refractivity contribution >= 4 is 23.6 Å². The number of fused-ring (bicyclic) bond motifs is 1. The van der Waals surface area contributed by atoms with Crippen LogP contribution in [0.25, 0.3) is 11.1 Å². The third kappa shape index (κ3) is 10.6. The largest absolute Gasteiger partial charge is 0.488 e. The van der Waals surface area contributed by atoms with Crippen molar-refractivity contribution in [2.45, 2.75) is 78.4 Å². The molecule has 11 nitrogen and oxygen atoms in total. The first-order valence-corrected chi connectivity index (χ1v) is 19.4. The standard InChI is InChI=1S/C44H49ClN4O7/c1-29-33(11-8-12-35(29)32-14-15-38-41(23-32)53-20-19-52-38)28-55-40-24-39(54-27-31-10-7-9-30(21-31)25-46)34(22-36(40)45)26-49-18-6-5-13-37(49)42(50)47-16-17-48-43(51)56-44(2,3)4/h7-12,14-15,21-24,37H,5-6,13,16-20,26-28H2,1-4H3,(H,47,50)(H,48,51). The SMILES string of the molecule is Cc1c(COc2cc(OCc3cccc(C#N)c3)c(CN3CCCCC3C(=O)NCCNC(=O)OC(C)(C)C)cc2Cl)cccc1-c1ccc2c(c1)OCCO2. The maximum atomic E-state index is 13.5. The smallest absolute Gasteiger partial charge is 0.407 e. The van der Waals surface area contributed by atoms with Gasteiger partial charge in [-0.25, -0.2) is 4.79 Å². The van der Waals surface area contributed by atoms with Gasteiger partial charge in [-0.3, -0.25) is 9.69 Å². The molecule has 0 bridgehead atoms. The van der Waals surface area contributed by atoms with Crippen LogP contribution < -0.4 is 29.6 Å². The van der Waals surface area contributed by atoms with E-state index in [1.807, 2.05) is 54.6 Å². The molecule has 12 heteroatoms. The Labute approximate surface area is 333 Å². The zero-order chi connectivity index (χ0) is 39.7. The minimum atomic E-state index is -0.604. The number of likely N-dealkylation sites (tertiary alicyclic amines) is 1. The zero-order valence-corrected chi connectivity index (χ0v) is 33.2. The fraction of sp³-hybridized carbons (Fsp3) is 0.386. The van der Waals surface area contributed by atoms with Gasteiger partial charge in [-0.1, -0.05) is 54.4 Å². The molecule has 2 heterocycles. The summed E-state index contributed by atoms with van der Waals surface area (Å²) in [5.74, 6) is 2.41. The second-order valence-corrected chi connectivity index (χ2v) is 15.3. The van der Waals surface area contributed by atoms with Gasteiger partial charge >= 0.3 is 6.09 Å². The molecule has 0 radical (unpaired) electrons. The fourth-order valence-electron chi connectivity index (χ4n) is 6.83. The topological polar surface area (TPSA) is 131 Å². The number of hydrogen-bond acceptors (Lipinski definition) is 9. The molecule has 56 heavy (non-hydrogen) atoms. The summed E-state index contributed by atoms with van der Waals surface area (Å²) < 4.78 is 29.7. The van der Waals surface area contributed by atoms with Crippen LogP contribution in [-0.4, -0.2) is 61.4 Å². The van der Waals surface area contributed by atoms with Gasteiger partial charge in [0.05, 0.1) is 22.7 Å². The summed E-state index contributed by atoms with van der Waals surface area (Å²) in [6, 6.07) is 24.9. The van der Waals surface area contributed by atoms with Crippen LogP contribution in [0.5, 0.6) is 23.0 Å². The van der Waals surface area contributed by atoms with Crippen LogP contribution >= 0.6 is 11.6 Å². The molecule has 0 spiro atoms. The number of hydrogen-bond donors (Lipinski definition) is 2. The summed E-state index contributed by atoms with van der Waals surface area (Å²) in [6.07, 6.45) is 2.04. The molecule has 2 N–H and O–H groups in total. The lowest BCUT2D eigenvalue weighted by Gasteiger charge is -2.35. The first kappa shape index (κ1) is 40.2. The summed E-state index contributed by atoms with van der Waals surface area (Å²) in [6.45, 7) is 10.7. The molecule has 0 saturated carbocycles. The number of amides is 2. The number of carbonyl (C=O) groups excluding carboxylic acids is 2. The maximum Gasteiger partial charge on any atom is 0.407 e. The number of nitriles is 1. The molecule has 1 saturated heterocycles. The van der Waals surface area contributed by atoms with Gasteiger partial charge < -0.3 is 34.3 Å². The number of piperidine rings is 1. The van der Waals surface area contributed by atoms with Gasteiger partial charge in [-0.2, -0.15) is 5.26 Å². The third-order valence-electron chi connectivity index (χ3n) is 9.63.